The molecule has 0 radical (unpaired) electrons. The molecule has 0 saturated carbocycles. The summed E-state index contributed by atoms with van der Waals surface area (Å²) < 4.78 is 6.55. The van der Waals surface area contributed by atoms with Crippen LogP contribution in [0.5, 0.6) is 0 Å². The highest BCUT2D eigenvalue weighted by molar-refractivity contribution is 5.95. The Kier molecular flexibility index (Phi) is 3.49. The molecule has 0 fully saturated rings. The van der Waals surface area contributed by atoms with E-state index in [0.29, 0.717) is 18.0 Å². The highest BCUT2D eigenvalue weighted by Gasteiger charge is 2.24. The molecule has 6 nitrogen and oxygen atoms in total. The molecule has 3 aromatic rings. The predicted molar refractivity (Wildman–Crippen MR) is 88.7 cm³/mol. The minimum absolute atomic E-state index is 0.0292. The summed E-state index contributed by atoms with van der Waals surface area (Å²) in [5.41, 5.74) is 2.26. The van der Waals surface area contributed by atoms with Crippen LogP contribution in [0.1, 0.15) is 5.56 Å². The zero-order valence-corrected chi connectivity index (χ0v) is 12.9. The van der Waals surface area contributed by atoms with Crippen molar-refractivity contribution < 1.29 is 9.21 Å². The Bertz CT molecular complexity index is 944. The number of hydrogen-bond donors (Lipinski definition) is 0. The smallest absolute Gasteiger partial charge is 0.254 e. The van der Waals surface area contributed by atoms with Crippen molar-refractivity contribution in [1.82, 2.24) is 9.55 Å². The maximum absolute atomic E-state index is 12.6. The predicted octanol–water partition coefficient (Wildman–Crippen LogP) is 2.09. The van der Waals surface area contributed by atoms with E-state index in [9.17, 15) is 9.59 Å². The summed E-state index contributed by atoms with van der Waals surface area (Å²) in [6, 6.07) is 12.7. The van der Waals surface area contributed by atoms with E-state index in [4.69, 9.17) is 4.42 Å². The van der Waals surface area contributed by atoms with Crippen LogP contribution in [0, 0.1) is 0 Å². The number of benzene rings is 1. The maximum Gasteiger partial charge on any atom is 0.254 e. The summed E-state index contributed by atoms with van der Waals surface area (Å²) in [6.45, 7) is 0.615. The van der Waals surface area contributed by atoms with Gasteiger partial charge in [0.25, 0.3) is 5.56 Å². The van der Waals surface area contributed by atoms with Gasteiger partial charge in [0.05, 0.1) is 12.6 Å². The van der Waals surface area contributed by atoms with Crippen LogP contribution < -0.4 is 10.5 Å². The molecule has 0 atom stereocenters. The SMILES string of the molecule is O=C(Cn1cnc(-c2ccco2)cc1=O)N1CCc2ccccc21. The first kappa shape index (κ1) is 14.4. The van der Waals surface area contributed by atoms with Crippen LogP contribution in [0.3, 0.4) is 0 Å². The number of carbonyl (C=O) groups is 1. The first-order chi connectivity index (χ1) is 11.7. The lowest BCUT2D eigenvalue weighted by atomic mass is 10.2. The van der Waals surface area contributed by atoms with Crippen molar-refractivity contribution in [1.29, 1.82) is 0 Å². The van der Waals surface area contributed by atoms with Crippen LogP contribution in [-0.4, -0.2) is 22.0 Å². The van der Waals surface area contributed by atoms with E-state index in [0.717, 1.165) is 17.7 Å². The summed E-state index contributed by atoms with van der Waals surface area (Å²) in [5.74, 6) is 0.411. The van der Waals surface area contributed by atoms with Crippen LogP contribution in [0.2, 0.25) is 0 Å². The van der Waals surface area contributed by atoms with E-state index in [2.05, 4.69) is 4.98 Å². The maximum atomic E-state index is 12.6. The van der Waals surface area contributed by atoms with Gasteiger partial charge in [-0.25, -0.2) is 4.98 Å². The Hall–Kier alpha value is -3.15. The molecule has 6 heteroatoms. The van der Waals surface area contributed by atoms with E-state index in [1.54, 1.807) is 17.0 Å². The quantitative estimate of drug-likeness (QED) is 0.741. The number of aromatic nitrogens is 2. The molecule has 0 aliphatic carbocycles. The molecule has 0 spiro atoms. The molecule has 0 saturated heterocycles. The fraction of sp³-hybridized carbons (Fsp3) is 0.167. The van der Waals surface area contributed by atoms with E-state index in [1.165, 1.54) is 23.2 Å². The third kappa shape index (κ3) is 2.52. The first-order valence-corrected chi connectivity index (χ1v) is 7.71. The Morgan fingerprint density at radius 1 is 1.21 bits per heavy atom. The zero-order chi connectivity index (χ0) is 16.5. The lowest BCUT2D eigenvalue weighted by Crippen LogP contribution is -2.35. The topological polar surface area (TPSA) is 68.3 Å². The summed E-state index contributed by atoms with van der Waals surface area (Å²) >= 11 is 0. The summed E-state index contributed by atoms with van der Waals surface area (Å²) in [7, 11) is 0. The fourth-order valence-electron chi connectivity index (χ4n) is 2.93. The van der Waals surface area contributed by atoms with Crippen LogP contribution >= 0.6 is 0 Å². The first-order valence-electron chi connectivity index (χ1n) is 7.71. The molecular weight excluding hydrogens is 306 g/mol. The van der Waals surface area contributed by atoms with Crippen molar-refractivity contribution in [2.45, 2.75) is 13.0 Å². The van der Waals surface area contributed by atoms with E-state index >= 15 is 0 Å². The van der Waals surface area contributed by atoms with Crippen LogP contribution in [-0.2, 0) is 17.8 Å². The molecule has 1 aliphatic heterocycles. The number of fused-ring (bicyclic) bond motifs is 1. The van der Waals surface area contributed by atoms with Gasteiger partial charge < -0.3 is 9.32 Å². The largest absolute Gasteiger partial charge is 0.463 e. The monoisotopic (exact) mass is 321 g/mol. The van der Waals surface area contributed by atoms with Crippen molar-refractivity contribution in [2.75, 3.05) is 11.4 Å². The number of rotatable bonds is 3. The highest BCUT2D eigenvalue weighted by atomic mass is 16.3. The minimum atomic E-state index is -0.280. The van der Waals surface area contributed by atoms with E-state index < -0.39 is 0 Å². The molecule has 3 heterocycles. The normalized spacial score (nSPS) is 13.1. The average molecular weight is 321 g/mol. The molecule has 0 N–H and O–H groups in total. The van der Waals surface area contributed by atoms with Gasteiger partial charge in [0.15, 0.2) is 5.76 Å². The van der Waals surface area contributed by atoms with E-state index in [1.807, 2.05) is 24.3 Å². The van der Waals surface area contributed by atoms with Crippen LogP contribution in [0.15, 0.2) is 64.3 Å². The number of furan rings is 1. The van der Waals surface area contributed by atoms with Gasteiger partial charge in [-0.15, -0.1) is 0 Å². The third-order valence-corrected chi connectivity index (χ3v) is 4.15. The standard InChI is InChI=1S/C18H15N3O3/c22-17-10-14(16-6-3-9-24-16)19-12-20(17)11-18(23)21-8-7-13-4-1-2-5-15(13)21/h1-6,9-10,12H,7-8,11H2. The molecule has 2 aromatic heterocycles. The van der Waals surface area contributed by atoms with Crippen molar-refractivity contribution in [3.8, 4) is 11.5 Å². The highest BCUT2D eigenvalue weighted by Crippen LogP contribution is 2.27. The van der Waals surface area contributed by atoms with Gasteiger partial charge in [-0.05, 0) is 30.2 Å². The second-order valence-electron chi connectivity index (χ2n) is 5.64. The van der Waals surface area contributed by atoms with Crippen molar-refractivity contribution >= 4 is 11.6 Å². The van der Waals surface area contributed by atoms with Crippen molar-refractivity contribution in [3.63, 3.8) is 0 Å². The van der Waals surface area contributed by atoms with Gasteiger partial charge in [-0.1, -0.05) is 18.2 Å². The Balaban J connectivity index is 1.56. The number of para-hydroxylation sites is 1. The Morgan fingerprint density at radius 2 is 2.08 bits per heavy atom. The van der Waals surface area contributed by atoms with Gasteiger partial charge in [0, 0.05) is 18.3 Å². The molecule has 1 aliphatic rings. The zero-order valence-electron chi connectivity index (χ0n) is 12.9. The fourth-order valence-corrected chi connectivity index (χ4v) is 2.93. The molecule has 4 rings (SSSR count). The van der Waals surface area contributed by atoms with Crippen LogP contribution in [0.25, 0.3) is 11.5 Å². The third-order valence-electron chi connectivity index (χ3n) is 4.15. The van der Waals surface area contributed by atoms with Crippen molar-refractivity contribution in [2.24, 2.45) is 0 Å². The molecule has 1 amide bonds. The number of hydrogen-bond acceptors (Lipinski definition) is 4. The second-order valence-corrected chi connectivity index (χ2v) is 5.64. The molecule has 120 valence electrons. The van der Waals surface area contributed by atoms with Gasteiger partial charge in [0.2, 0.25) is 5.91 Å². The second kappa shape index (κ2) is 5.81. The lowest BCUT2D eigenvalue weighted by molar-refractivity contribution is -0.119. The molecule has 0 unspecified atom stereocenters. The van der Waals surface area contributed by atoms with Crippen molar-refractivity contribution in [3.05, 3.63) is 71.0 Å². The summed E-state index contributed by atoms with van der Waals surface area (Å²) in [5, 5.41) is 0. The number of nitrogens with zero attached hydrogens (tertiary/aromatic N) is 3. The number of anilines is 1. The summed E-state index contributed by atoms with van der Waals surface area (Å²) in [6.07, 6.45) is 3.75. The van der Waals surface area contributed by atoms with Gasteiger partial charge in [-0.2, -0.15) is 0 Å². The minimum Gasteiger partial charge on any atom is -0.463 e. The molecular formula is C18H15N3O3. The average Bonchev–Trinajstić information content (AvgIpc) is 3.26. The lowest BCUT2D eigenvalue weighted by Gasteiger charge is -2.17. The summed E-state index contributed by atoms with van der Waals surface area (Å²) in [4.78, 5) is 30.7. The van der Waals surface area contributed by atoms with E-state index in [-0.39, 0.29) is 18.0 Å². The Labute approximate surface area is 138 Å². The van der Waals surface area contributed by atoms with Crippen LogP contribution in [0.4, 0.5) is 5.69 Å². The number of carbonyl (C=O) groups excluding carboxylic acids is 1. The van der Waals surface area contributed by atoms with Gasteiger partial charge in [0.1, 0.15) is 12.2 Å². The van der Waals surface area contributed by atoms with Gasteiger partial charge >= 0.3 is 0 Å². The Morgan fingerprint density at radius 3 is 2.88 bits per heavy atom. The molecule has 24 heavy (non-hydrogen) atoms. The number of amides is 1. The molecule has 1 aromatic carbocycles. The van der Waals surface area contributed by atoms with Gasteiger partial charge in [-0.3, -0.25) is 14.2 Å². The molecule has 0 bridgehead atoms.